The summed E-state index contributed by atoms with van der Waals surface area (Å²) >= 11 is 5.58. The van der Waals surface area contributed by atoms with Crippen LogP contribution in [0.2, 0.25) is 5.22 Å². The lowest BCUT2D eigenvalue weighted by molar-refractivity contribution is 0.101. The van der Waals surface area contributed by atoms with E-state index in [1.54, 1.807) is 12.1 Å². The molecule has 0 aliphatic heterocycles. The van der Waals surface area contributed by atoms with E-state index in [-0.39, 0.29) is 22.6 Å². The predicted molar refractivity (Wildman–Crippen MR) is 49.2 cm³/mol. The van der Waals surface area contributed by atoms with Gasteiger partial charge in [-0.2, -0.15) is 0 Å². The van der Waals surface area contributed by atoms with Gasteiger partial charge in [0, 0.05) is 6.92 Å². The van der Waals surface area contributed by atoms with Crippen LogP contribution in [0.25, 0.3) is 11.7 Å². The van der Waals surface area contributed by atoms with Crippen molar-refractivity contribution in [1.29, 1.82) is 0 Å². The third-order valence-corrected chi connectivity index (χ3v) is 1.85. The first-order chi connectivity index (χ1) is 6.66. The van der Waals surface area contributed by atoms with E-state index in [1.807, 2.05) is 0 Å². The third kappa shape index (κ3) is 1.56. The highest BCUT2D eigenvalue weighted by molar-refractivity contribution is 6.28. The Morgan fingerprint density at radius 3 is 2.79 bits per heavy atom. The highest BCUT2D eigenvalue weighted by atomic mass is 35.5. The molecule has 0 saturated heterocycles. The molecule has 0 aromatic carbocycles. The van der Waals surface area contributed by atoms with Crippen LogP contribution < -0.4 is 0 Å². The first-order valence-electron chi connectivity index (χ1n) is 3.89. The van der Waals surface area contributed by atoms with Crippen LogP contribution in [-0.4, -0.2) is 10.8 Å². The van der Waals surface area contributed by atoms with Crippen molar-refractivity contribution in [3.8, 4) is 11.7 Å². The molecule has 0 bridgehead atoms. The summed E-state index contributed by atoms with van der Waals surface area (Å²) in [7, 11) is 0. The van der Waals surface area contributed by atoms with Crippen molar-refractivity contribution in [2.24, 2.45) is 0 Å². The number of carbonyl (C=O) groups is 1. The number of rotatable bonds is 2. The summed E-state index contributed by atoms with van der Waals surface area (Å²) in [5.74, 6) is 0.502. The van der Waals surface area contributed by atoms with Gasteiger partial charge < -0.3 is 8.83 Å². The topological polar surface area (TPSA) is 56.2 Å². The summed E-state index contributed by atoms with van der Waals surface area (Å²) in [4.78, 5) is 14.8. The van der Waals surface area contributed by atoms with Crippen molar-refractivity contribution in [2.45, 2.75) is 6.92 Å². The molecule has 0 fully saturated rings. The van der Waals surface area contributed by atoms with Gasteiger partial charge >= 0.3 is 0 Å². The lowest BCUT2D eigenvalue weighted by atomic mass is 10.3. The minimum atomic E-state index is -0.155. The van der Waals surface area contributed by atoms with Crippen LogP contribution in [0.15, 0.2) is 27.2 Å². The fourth-order valence-electron chi connectivity index (χ4n) is 0.978. The SMILES string of the molecule is CC(=O)c1coc(-c2ccc(Cl)o2)n1. The smallest absolute Gasteiger partial charge is 0.263 e. The van der Waals surface area contributed by atoms with Gasteiger partial charge in [0.05, 0.1) is 0 Å². The summed E-state index contributed by atoms with van der Waals surface area (Å²) in [6, 6.07) is 3.20. The number of Topliss-reactive ketones (excluding diaryl/α,β-unsaturated/α-hetero) is 1. The average molecular weight is 212 g/mol. The maximum Gasteiger partial charge on any atom is 0.263 e. The summed E-state index contributed by atoms with van der Waals surface area (Å²) in [6.07, 6.45) is 1.29. The summed E-state index contributed by atoms with van der Waals surface area (Å²) in [5, 5.41) is 0.252. The number of nitrogens with zero attached hydrogens (tertiary/aromatic N) is 1. The van der Waals surface area contributed by atoms with E-state index >= 15 is 0 Å². The Balaban J connectivity index is 2.38. The number of aromatic nitrogens is 1. The molecule has 2 heterocycles. The zero-order valence-corrected chi connectivity index (χ0v) is 8.04. The normalized spacial score (nSPS) is 10.4. The van der Waals surface area contributed by atoms with Gasteiger partial charge in [-0.1, -0.05) is 0 Å². The zero-order chi connectivity index (χ0) is 10.1. The molecule has 0 spiro atoms. The van der Waals surface area contributed by atoms with Crippen LogP contribution >= 0.6 is 11.6 Å². The maximum atomic E-state index is 10.9. The number of hydrogen-bond acceptors (Lipinski definition) is 4. The summed E-state index contributed by atoms with van der Waals surface area (Å²) in [6.45, 7) is 1.41. The Morgan fingerprint density at radius 2 is 2.29 bits per heavy atom. The monoisotopic (exact) mass is 211 g/mol. The number of oxazole rings is 1. The Labute approximate surface area is 84.5 Å². The van der Waals surface area contributed by atoms with Gasteiger partial charge in [0.25, 0.3) is 5.89 Å². The molecule has 0 atom stereocenters. The Hall–Kier alpha value is -1.55. The molecule has 2 aromatic rings. The molecule has 14 heavy (non-hydrogen) atoms. The predicted octanol–water partition coefficient (Wildman–Crippen LogP) is 2.79. The number of furan rings is 1. The largest absolute Gasteiger partial charge is 0.441 e. The molecule has 0 N–H and O–H groups in total. The van der Waals surface area contributed by atoms with Gasteiger partial charge in [0.1, 0.15) is 12.0 Å². The Morgan fingerprint density at radius 1 is 1.50 bits per heavy atom. The quantitative estimate of drug-likeness (QED) is 0.717. The van der Waals surface area contributed by atoms with E-state index in [0.29, 0.717) is 5.76 Å². The van der Waals surface area contributed by atoms with Crippen LogP contribution in [0.5, 0.6) is 0 Å². The van der Waals surface area contributed by atoms with Gasteiger partial charge in [0.2, 0.25) is 0 Å². The molecule has 0 aliphatic rings. The van der Waals surface area contributed by atoms with Crippen molar-refractivity contribution in [3.05, 3.63) is 29.3 Å². The van der Waals surface area contributed by atoms with E-state index in [2.05, 4.69) is 4.98 Å². The molecular weight excluding hydrogens is 206 g/mol. The second-order valence-electron chi connectivity index (χ2n) is 2.70. The number of carbonyl (C=O) groups excluding carboxylic acids is 1. The second-order valence-corrected chi connectivity index (χ2v) is 3.07. The van der Waals surface area contributed by atoms with Crippen molar-refractivity contribution in [2.75, 3.05) is 0 Å². The van der Waals surface area contributed by atoms with Gasteiger partial charge in [-0.25, -0.2) is 4.98 Å². The zero-order valence-electron chi connectivity index (χ0n) is 7.28. The summed E-state index contributed by atoms with van der Waals surface area (Å²) < 4.78 is 10.1. The molecule has 5 heteroatoms. The molecule has 0 radical (unpaired) electrons. The number of halogens is 1. The Bertz CT molecular complexity index is 472. The molecule has 72 valence electrons. The van der Waals surface area contributed by atoms with Crippen LogP contribution in [0.1, 0.15) is 17.4 Å². The number of ketones is 1. The van der Waals surface area contributed by atoms with Crippen molar-refractivity contribution < 1.29 is 13.6 Å². The lowest BCUT2D eigenvalue weighted by Crippen LogP contribution is -1.90. The van der Waals surface area contributed by atoms with E-state index in [0.717, 1.165) is 0 Å². The van der Waals surface area contributed by atoms with E-state index in [1.165, 1.54) is 13.2 Å². The highest BCUT2D eigenvalue weighted by Crippen LogP contribution is 2.23. The van der Waals surface area contributed by atoms with Gasteiger partial charge in [-0.05, 0) is 23.7 Å². The molecule has 0 unspecified atom stereocenters. The molecule has 4 nitrogen and oxygen atoms in total. The minimum Gasteiger partial charge on any atom is -0.441 e. The molecular formula is C9H6ClNO3. The minimum absolute atomic E-state index is 0.155. The molecule has 2 aromatic heterocycles. The van der Waals surface area contributed by atoms with E-state index < -0.39 is 0 Å². The van der Waals surface area contributed by atoms with Crippen molar-refractivity contribution >= 4 is 17.4 Å². The van der Waals surface area contributed by atoms with Gasteiger partial charge in [-0.3, -0.25) is 4.79 Å². The summed E-state index contributed by atoms with van der Waals surface area (Å²) in [5.41, 5.74) is 0.271. The molecule has 0 saturated carbocycles. The molecule has 0 aliphatic carbocycles. The van der Waals surface area contributed by atoms with Gasteiger partial charge in [-0.15, -0.1) is 0 Å². The highest BCUT2D eigenvalue weighted by Gasteiger charge is 2.12. The van der Waals surface area contributed by atoms with E-state index in [9.17, 15) is 4.79 Å². The van der Waals surface area contributed by atoms with Crippen molar-refractivity contribution in [3.63, 3.8) is 0 Å². The standard InChI is InChI=1S/C9H6ClNO3/c1-5(12)6-4-13-9(11-6)7-2-3-8(10)14-7/h2-4H,1H3. The van der Waals surface area contributed by atoms with Crippen LogP contribution in [-0.2, 0) is 0 Å². The average Bonchev–Trinajstić information content (AvgIpc) is 2.70. The fraction of sp³-hybridized carbons (Fsp3) is 0.111. The van der Waals surface area contributed by atoms with Gasteiger partial charge in [0.15, 0.2) is 16.8 Å². The van der Waals surface area contributed by atoms with Crippen LogP contribution in [0.4, 0.5) is 0 Å². The first-order valence-corrected chi connectivity index (χ1v) is 4.27. The molecule has 0 amide bonds. The number of hydrogen-bond donors (Lipinski definition) is 0. The second kappa shape index (κ2) is 3.31. The van der Waals surface area contributed by atoms with Crippen molar-refractivity contribution in [1.82, 2.24) is 4.98 Å². The maximum absolute atomic E-state index is 10.9. The third-order valence-electron chi connectivity index (χ3n) is 1.65. The van der Waals surface area contributed by atoms with Crippen LogP contribution in [0.3, 0.4) is 0 Å². The molecule has 2 rings (SSSR count). The van der Waals surface area contributed by atoms with E-state index in [4.69, 9.17) is 20.4 Å². The fourth-order valence-corrected chi connectivity index (χ4v) is 1.12. The Kier molecular flexibility index (Phi) is 2.13. The van der Waals surface area contributed by atoms with Crippen LogP contribution in [0, 0.1) is 0 Å². The first kappa shape index (κ1) is 9.02. The lowest BCUT2D eigenvalue weighted by Gasteiger charge is -1.85.